The minimum atomic E-state index is 0.121. The second kappa shape index (κ2) is 7.67. The van der Waals surface area contributed by atoms with Gasteiger partial charge in [0, 0.05) is 36.2 Å². The van der Waals surface area contributed by atoms with E-state index >= 15 is 0 Å². The van der Waals surface area contributed by atoms with E-state index < -0.39 is 0 Å². The van der Waals surface area contributed by atoms with E-state index in [2.05, 4.69) is 25.7 Å². The maximum atomic E-state index is 12.7. The predicted molar refractivity (Wildman–Crippen MR) is 94.2 cm³/mol. The number of amides is 1. The van der Waals surface area contributed by atoms with Crippen LogP contribution in [0.1, 0.15) is 37.7 Å². The molecule has 0 saturated carbocycles. The van der Waals surface area contributed by atoms with E-state index in [1.807, 2.05) is 12.1 Å². The molecule has 0 aromatic heterocycles. The molecule has 0 unspecified atom stereocenters. The molecule has 5 heteroatoms. The summed E-state index contributed by atoms with van der Waals surface area (Å²) < 4.78 is 0.975. The fourth-order valence-corrected chi connectivity index (χ4v) is 4.10. The Balaban J connectivity index is 1.61. The van der Waals surface area contributed by atoms with E-state index in [0.717, 1.165) is 61.9 Å². The van der Waals surface area contributed by atoms with Crippen molar-refractivity contribution in [3.05, 3.63) is 28.2 Å². The molecular formula is C18H25BrN2O2. The average molecular weight is 381 g/mol. The second-order valence-corrected chi connectivity index (χ2v) is 7.65. The molecule has 1 aromatic carbocycles. The van der Waals surface area contributed by atoms with E-state index in [4.69, 9.17) is 0 Å². The minimum absolute atomic E-state index is 0.121. The first-order valence-electron chi connectivity index (χ1n) is 8.62. The van der Waals surface area contributed by atoms with Crippen molar-refractivity contribution in [3.8, 4) is 5.75 Å². The molecule has 1 atom stereocenters. The van der Waals surface area contributed by atoms with Crippen LogP contribution in [-0.4, -0.2) is 47.0 Å². The summed E-state index contributed by atoms with van der Waals surface area (Å²) in [6.45, 7) is 4.37. The van der Waals surface area contributed by atoms with E-state index in [9.17, 15) is 9.90 Å². The van der Waals surface area contributed by atoms with Crippen LogP contribution >= 0.6 is 15.9 Å². The summed E-state index contributed by atoms with van der Waals surface area (Å²) in [5.41, 5.74) is 0.922. The first kappa shape index (κ1) is 16.8. The van der Waals surface area contributed by atoms with Crippen molar-refractivity contribution in [1.29, 1.82) is 0 Å². The highest BCUT2D eigenvalue weighted by molar-refractivity contribution is 9.10. The van der Waals surface area contributed by atoms with Crippen molar-refractivity contribution in [3.63, 3.8) is 0 Å². The first-order valence-corrected chi connectivity index (χ1v) is 9.41. The van der Waals surface area contributed by atoms with Crippen LogP contribution in [0.15, 0.2) is 22.7 Å². The Morgan fingerprint density at radius 1 is 1.17 bits per heavy atom. The molecule has 2 heterocycles. The molecule has 126 valence electrons. The molecule has 2 aliphatic rings. The summed E-state index contributed by atoms with van der Waals surface area (Å²) in [7, 11) is 0. The summed E-state index contributed by atoms with van der Waals surface area (Å²) in [6.07, 6.45) is 5.60. The van der Waals surface area contributed by atoms with Crippen LogP contribution in [0.25, 0.3) is 0 Å². The van der Waals surface area contributed by atoms with Gasteiger partial charge in [-0.3, -0.25) is 9.69 Å². The molecule has 2 saturated heterocycles. The first-order chi connectivity index (χ1) is 11.1. The smallest absolute Gasteiger partial charge is 0.226 e. The molecule has 1 aromatic rings. The molecule has 0 bridgehead atoms. The summed E-state index contributed by atoms with van der Waals surface area (Å²) in [5.74, 6) is 0.793. The fraction of sp³-hybridized carbons (Fsp3) is 0.611. The lowest BCUT2D eigenvalue weighted by Gasteiger charge is -2.36. The lowest BCUT2D eigenvalue weighted by Crippen LogP contribution is -2.46. The quantitative estimate of drug-likeness (QED) is 0.873. The van der Waals surface area contributed by atoms with Crippen LogP contribution in [0.2, 0.25) is 0 Å². The lowest BCUT2D eigenvalue weighted by molar-refractivity contribution is -0.138. The van der Waals surface area contributed by atoms with Gasteiger partial charge in [0.1, 0.15) is 5.75 Å². The van der Waals surface area contributed by atoms with Crippen LogP contribution < -0.4 is 0 Å². The third-order valence-electron chi connectivity index (χ3n) is 4.96. The van der Waals surface area contributed by atoms with Gasteiger partial charge in [0.25, 0.3) is 0 Å². The monoisotopic (exact) mass is 380 g/mol. The molecule has 2 aliphatic heterocycles. The van der Waals surface area contributed by atoms with Crippen LogP contribution in [0.4, 0.5) is 0 Å². The van der Waals surface area contributed by atoms with Crippen molar-refractivity contribution in [1.82, 2.24) is 9.80 Å². The number of benzene rings is 1. The topological polar surface area (TPSA) is 43.8 Å². The van der Waals surface area contributed by atoms with Crippen molar-refractivity contribution in [2.24, 2.45) is 5.92 Å². The number of rotatable bonds is 3. The number of likely N-dealkylation sites (tertiary alicyclic amines) is 2. The van der Waals surface area contributed by atoms with Crippen molar-refractivity contribution < 1.29 is 9.90 Å². The van der Waals surface area contributed by atoms with E-state index in [1.165, 1.54) is 6.42 Å². The highest BCUT2D eigenvalue weighted by Crippen LogP contribution is 2.26. The van der Waals surface area contributed by atoms with Crippen LogP contribution in [0, 0.1) is 5.92 Å². The van der Waals surface area contributed by atoms with Crippen molar-refractivity contribution in [2.45, 2.75) is 38.6 Å². The molecule has 0 spiro atoms. The summed E-state index contributed by atoms with van der Waals surface area (Å²) in [5, 5.41) is 10.0. The molecule has 0 aliphatic carbocycles. The van der Waals surface area contributed by atoms with Gasteiger partial charge in [-0.2, -0.15) is 0 Å². The largest absolute Gasteiger partial charge is 0.508 e. The number of carbonyl (C=O) groups is 1. The Hall–Kier alpha value is -1.07. The van der Waals surface area contributed by atoms with Gasteiger partial charge in [-0.15, -0.1) is 0 Å². The zero-order valence-corrected chi connectivity index (χ0v) is 15.1. The Morgan fingerprint density at radius 2 is 1.96 bits per heavy atom. The zero-order chi connectivity index (χ0) is 16.2. The number of hydrogen-bond acceptors (Lipinski definition) is 3. The molecular weight excluding hydrogens is 356 g/mol. The van der Waals surface area contributed by atoms with Crippen LogP contribution in [0.5, 0.6) is 5.75 Å². The van der Waals surface area contributed by atoms with E-state index in [1.54, 1.807) is 6.07 Å². The number of phenolic OH excluding ortho intramolecular Hbond substituents is 1. The number of halogens is 1. The van der Waals surface area contributed by atoms with Crippen LogP contribution in [0.3, 0.4) is 0 Å². The number of nitrogens with zero attached hydrogens (tertiary/aromatic N) is 2. The molecule has 23 heavy (non-hydrogen) atoms. The Labute approximate surface area is 146 Å². The van der Waals surface area contributed by atoms with Gasteiger partial charge >= 0.3 is 0 Å². The zero-order valence-electron chi connectivity index (χ0n) is 13.5. The van der Waals surface area contributed by atoms with Gasteiger partial charge in [-0.05, 0) is 56.8 Å². The lowest BCUT2D eigenvalue weighted by atomic mass is 9.95. The fourth-order valence-electron chi connectivity index (χ4n) is 3.69. The second-order valence-electron chi connectivity index (χ2n) is 6.73. The molecule has 2 fully saturated rings. The van der Waals surface area contributed by atoms with Crippen molar-refractivity contribution >= 4 is 21.8 Å². The van der Waals surface area contributed by atoms with E-state index in [0.29, 0.717) is 18.2 Å². The number of piperidine rings is 2. The van der Waals surface area contributed by atoms with Gasteiger partial charge < -0.3 is 10.0 Å². The molecule has 1 amide bonds. The Kier molecular flexibility index (Phi) is 5.59. The standard InChI is InChI=1S/C18H25BrN2O2/c19-16-6-7-17(22)15(11-16)13-20-8-4-5-14(12-20)18(23)21-9-2-1-3-10-21/h6-7,11,14,22H,1-5,8-10,12-13H2/t14-/m0/s1. The van der Waals surface area contributed by atoms with Gasteiger partial charge in [0.05, 0.1) is 5.92 Å². The number of carbonyl (C=O) groups excluding carboxylic acids is 1. The van der Waals surface area contributed by atoms with Gasteiger partial charge in [-0.25, -0.2) is 0 Å². The van der Waals surface area contributed by atoms with Gasteiger partial charge in [0.15, 0.2) is 0 Å². The average Bonchev–Trinajstić information content (AvgIpc) is 2.58. The van der Waals surface area contributed by atoms with Gasteiger partial charge in [0.2, 0.25) is 5.91 Å². The molecule has 1 N–H and O–H groups in total. The highest BCUT2D eigenvalue weighted by atomic mass is 79.9. The third-order valence-corrected chi connectivity index (χ3v) is 5.45. The molecule has 4 nitrogen and oxygen atoms in total. The minimum Gasteiger partial charge on any atom is -0.508 e. The molecule has 0 radical (unpaired) electrons. The summed E-state index contributed by atoms with van der Waals surface area (Å²) >= 11 is 3.46. The Morgan fingerprint density at radius 3 is 2.74 bits per heavy atom. The normalized spacial score (nSPS) is 23.0. The maximum absolute atomic E-state index is 12.7. The highest BCUT2D eigenvalue weighted by Gasteiger charge is 2.30. The predicted octanol–water partition coefficient (Wildman–Crippen LogP) is 3.38. The Bertz CT molecular complexity index is 558. The van der Waals surface area contributed by atoms with E-state index in [-0.39, 0.29) is 5.92 Å². The number of phenols is 1. The van der Waals surface area contributed by atoms with Gasteiger partial charge in [-0.1, -0.05) is 15.9 Å². The molecule has 3 rings (SSSR count). The maximum Gasteiger partial charge on any atom is 0.226 e. The van der Waals surface area contributed by atoms with Crippen LogP contribution in [-0.2, 0) is 11.3 Å². The van der Waals surface area contributed by atoms with Crippen molar-refractivity contribution in [2.75, 3.05) is 26.2 Å². The third kappa shape index (κ3) is 4.27. The summed E-state index contributed by atoms with van der Waals surface area (Å²) in [6, 6.07) is 5.53. The SMILES string of the molecule is O=C([C@H]1CCCN(Cc2cc(Br)ccc2O)C1)N1CCCCC1. The summed E-state index contributed by atoms with van der Waals surface area (Å²) in [4.78, 5) is 17.1. The number of aromatic hydroxyl groups is 1. The number of hydrogen-bond donors (Lipinski definition) is 1.